The molecule has 0 aliphatic rings. The first kappa shape index (κ1) is 14.3. The van der Waals surface area contributed by atoms with Crippen LogP contribution in [0.1, 0.15) is 32.3 Å². The molecule has 0 saturated carbocycles. The largest absolute Gasteiger partial charge is 0.495 e. The number of methoxy groups -OCH3 is 1. The molecule has 1 rings (SSSR count). The van der Waals surface area contributed by atoms with Crippen LogP contribution in [0.4, 0.5) is 0 Å². The Morgan fingerprint density at radius 2 is 2.12 bits per heavy atom. The van der Waals surface area contributed by atoms with Crippen molar-refractivity contribution in [3.05, 3.63) is 28.8 Å². The quantitative estimate of drug-likeness (QED) is 0.803. The van der Waals surface area contributed by atoms with Crippen molar-refractivity contribution in [3.63, 3.8) is 0 Å². The van der Waals surface area contributed by atoms with Crippen molar-refractivity contribution in [1.82, 2.24) is 5.32 Å². The first-order valence-electron chi connectivity index (χ1n) is 6.27. The summed E-state index contributed by atoms with van der Waals surface area (Å²) in [5.74, 6) is 0.765. The molecule has 0 aromatic heterocycles. The van der Waals surface area contributed by atoms with Crippen molar-refractivity contribution in [2.45, 2.75) is 39.2 Å². The summed E-state index contributed by atoms with van der Waals surface area (Å²) >= 11 is 6.00. The molecule has 0 bridgehead atoms. The molecule has 0 aliphatic carbocycles. The van der Waals surface area contributed by atoms with Crippen LogP contribution in [0.3, 0.4) is 0 Å². The van der Waals surface area contributed by atoms with Crippen LogP contribution in [0.15, 0.2) is 18.2 Å². The van der Waals surface area contributed by atoms with Crippen LogP contribution in [-0.2, 0) is 6.42 Å². The maximum atomic E-state index is 6.00. The number of benzene rings is 1. The summed E-state index contributed by atoms with van der Waals surface area (Å²) in [6.45, 7) is 5.40. The van der Waals surface area contributed by atoms with Crippen LogP contribution in [0.2, 0.25) is 5.02 Å². The smallest absolute Gasteiger partial charge is 0.137 e. The molecule has 0 heterocycles. The monoisotopic (exact) mass is 255 g/mol. The molecular weight excluding hydrogens is 234 g/mol. The molecule has 1 atom stereocenters. The zero-order chi connectivity index (χ0) is 12.7. The molecule has 0 spiro atoms. The minimum absolute atomic E-state index is 0.599. The maximum Gasteiger partial charge on any atom is 0.137 e. The van der Waals surface area contributed by atoms with Crippen molar-refractivity contribution in [3.8, 4) is 5.75 Å². The van der Waals surface area contributed by atoms with Crippen LogP contribution < -0.4 is 10.1 Å². The SMILES string of the molecule is CCNC(CC)CCc1ccc(Cl)c(OC)c1. The molecule has 3 heteroatoms. The highest BCUT2D eigenvalue weighted by Crippen LogP contribution is 2.25. The van der Waals surface area contributed by atoms with Gasteiger partial charge in [-0.25, -0.2) is 0 Å². The van der Waals surface area contributed by atoms with Crippen LogP contribution in [0, 0.1) is 0 Å². The lowest BCUT2D eigenvalue weighted by Gasteiger charge is -2.15. The maximum absolute atomic E-state index is 6.00. The van der Waals surface area contributed by atoms with Crippen LogP contribution in [0.25, 0.3) is 0 Å². The van der Waals surface area contributed by atoms with Crippen LogP contribution in [0.5, 0.6) is 5.75 Å². The Morgan fingerprint density at radius 1 is 1.35 bits per heavy atom. The highest BCUT2D eigenvalue weighted by Gasteiger charge is 2.06. The Kier molecular flexibility index (Phi) is 6.38. The Bertz CT molecular complexity index is 341. The van der Waals surface area contributed by atoms with Gasteiger partial charge in [0.05, 0.1) is 12.1 Å². The number of aryl methyl sites for hydroxylation is 1. The molecule has 1 aromatic rings. The average molecular weight is 256 g/mol. The summed E-state index contributed by atoms with van der Waals surface area (Å²) in [5.41, 5.74) is 1.28. The highest BCUT2D eigenvalue weighted by molar-refractivity contribution is 6.32. The van der Waals surface area contributed by atoms with Gasteiger partial charge in [-0.2, -0.15) is 0 Å². The number of ether oxygens (including phenoxy) is 1. The van der Waals surface area contributed by atoms with Gasteiger partial charge in [0.2, 0.25) is 0 Å². The van der Waals surface area contributed by atoms with Gasteiger partial charge in [-0.15, -0.1) is 0 Å². The van der Waals surface area contributed by atoms with Gasteiger partial charge in [0.1, 0.15) is 5.75 Å². The lowest BCUT2D eigenvalue weighted by Crippen LogP contribution is -2.28. The molecule has 0 saturated heterocycles. The van der Waals surface area contributed by atoms with Gasteiger partial charge in [0.25, 0.3) is 0 Å². The summed E-state index contributed by atoms with van der Waals surface area (Å²) in [5, 5.41) is 4.16. The third-order valence-corrected chi connectivity index (χ3v) is 3.29. The van der Waals surface area contributed by atoms with Gasteiger partial charge < -0.3 is 10.1 Å². The molecule has 0 aliphatic heterocycles. The van der Waals surface area contributed by atoms with Gasteiger partial charge in [0, 0.05) is 6.04 Å². The predicted molar refractivity (Wildman–Crippen MR) is 74.1 cm³/mol. The van der Waals surface area contributed by atoms with Gasteiger partial charge in [-0.1, -0.05) is 31.5 Å². The van der Waals surface area contributed by atoms with Crippen LogP contribution in [-0.4, -0.2) is 19.7 Å². The van der Waals surface area contributed by atoms with E-state index in [1.165, 1.54) is 12.0 Å². The number of halogens is 1. The third-order valence-electron chi connectivity index (χ3n) is 2.98. The zero-order valence-corrected chi connectivity index (χ0v) is 11.7. The van der Waals surface area contributed by atoms with E-state index in [0.29, 0.717) is 11.1 Å². The second kappa shape index (κ2) is 7.57. The van der Waals surface area contributed by atoms with E-state index < -0.39 is 0 Å². The first-order valence-corrected chi connectivity index (χ1v) is 6.64. The number of nitrogens with one attached hydrogen (secondary N) is 1. The van der Waals surface area contributed by atoms with Crippen molar-refractivity contribution in [2.24, 2.45) is 0 Å². The second-order valence-electron chi connectivity index (χ2n) is 4.17. The Morgan fingerprint density at radius 3 is 2.71 bits per heavy atom. The number of rotatable bonds is 7. The third kappa shape index (κ3) is 4.57. The van der Waals surface area contributed by atoms with E-state index >= 15 is 0 Å². The van der Waals surface area contributed by atoms with Crippen molar-refractivity contribution >= 4 is 11.6 Å². The van der Waals surface area contributed by atoms with Gasteiger partial charge in [-0.3, -0.25) is 0 Å². The van der Waals surface area contributed by atoms with E-state index in [1.807, 2.05) is 12.1 Å². The van der Waals surface area contributed by atoms with E-state index in [0.717, 1.165) is 25.1 Å². The van der Waals surface area contributed by atoms with E-state index in [9.17, 15) is 0 Å². The predicted octanol–water partition coefficient (Wildman–Crippen LogP) is 3.67. The van der Waals surface area contributed by atoms with Gasteiger partial charge in [0.15, 0.2) is 0 Å². The first-order chi connectivity index (χ1) is 8.21. The summed E-state index contributed by atoms with van der Waals surface area (Å²) < 4.78 is 5.22. The standard InChI is InChI=1S/C14H22ClNO/c1-4-12(16-5-2)8-6-11-7-9-13(15)14(10-11)17-3/h7,9-10,12,16H,4-6,8H2,1-3H3. The average Bonchev–Trinajstić information content (AvgIpc) is 2.36. The lowest BCUT2D eigenvalue weighted by atomic mass is 10.0. The van der Waals surface area contributed by atoms with Crippen molar-refractivity contribution in [1.29, 1.82) is 0 Å². The molecule has 17 heavy (non-hydrogen) atoms. The molecule has 96 valence electrons. The van der Waals surface area contributed by atoms with Crippen molar-refractivity contribution < 1.29 is 4.74 Å². The number of hydrogen-bond acceptors (Lipinski definition) is 2. The molecule has 0 fully saturated rings. The molecule has 1 aromatic carbocycles. The lowest BCUT2D eigenvalue weighted by molar-refractivity contribution is 0.414. The fraction of sp³-hybridized carbons (Fsp3) is 0.571. The Hall–Kier alpha value is -0.730. The summed E-state index contributed by atoms with van der Waals surface area (Å²) in [7, 11) is 1.65. The molecule has 0 amide bonds. The second-order valence-corrected chi connectivity index (χ2v) is 4.58. The van der Waals surface area contributed by atoms with Crippen molar-refractivity contribution in [2.75, 3.05) is 13.7 Å². The van der Waals surface area contributed by atoms with E-state index in [4.69, 9.17) is 16.3 Å². The topological polar surface area (TPSA) is 21.3 Å². The highest BCUT2D eigenvalue weighted by atomic mass is 35.5. The fourth-order valence-electron chi connectivity index (χ4n) is 1.94. The molecule has 0 radical (unpaired) electrons. The molecule has 2 nitrogen and oxygen atoms in total. The molecule has 1 unspecified atom stereocenters. The van der Waals surface area contributed by atoms with Gasteiger partial charge >= 0.3 is 0 Å². The molecular formula is C14H22ClNO. The zero-order valence-electron chi connectivity index (χ0n) is 10.9. The Balaban J connectivity index is 2.56. The van der Waals surface area contributed by atoms with Crippen LogP contribution >= 0.6 is 11.6 Å². The minimum Gasteiger partial charge on any atom is -0.495 e. The summed E-state index contributed by atoms with van der Waals surface area (Å²) in [6, 6.07) is 6.61. The normalized spacial score (nSPS) is 12.5. The fourth-order valence-corrected chi connectivity index (χ4v) is 2.13. The van der Waals surface area contributed by atoms with E-state index in [-0.39, 0.29) is 0 Å². The van der Waals surface area contributed by atoms with E-state index in [1.54, 1.807) is 7.11 Å². The Labute approximate surface area is 109 Å². The summed E-state index contributed by atoms with van der Waals surface area (Å²) in [6.07, 6.45) is 3.37. The minimum atomic E-state index is 0.599. The molecule has 1 N–H and O–H groups in total. The van der Waals surface area contributed by atoms with Gasteiger partial charge in [-0.05, 0) is 43.5 Å². The number of hydrogen-bond donors (Lipinski definition) is 1. The van der Waals surface area contributed by atoms with E-state index in [2.05, 4.69) is 25.2 Å². The summed E-state index contributed by atoms with van der Waals surface area (Å²) in [4.78, 5) is 0.